The summed E-state index contributed by atoms with van der Waals surface area (Å²) in [4.78, 5) is 17.7. The Kier molecular flexibility index (Phi) is 3.44. The molecule has 25 heavy (non-hydrogen) atoms. The molecule has 0 aliphatic carbocycles. The average molecular weight is 326 g/mol. The molecular formula is C20H14N4O. The van der Waals surface area contributed by atoms with Crippen LogP contribution in [0.15, 0.2) is 65.5 Å². The molecule has 0 radical (unpaired) electrons. The number of nitriles is 1. The Morgan fingerprint density at radius 3 is 2.08 bits per heavy atom. The fraction of sp³-hybridized carbons (Fsp3) is 0.0500. The lowest BCUT2D eigenvalue weighted by atomic mass is 10.0. The molecule has 0 spiro atoms. The maximum atomic E-state index is 13.0. The predicted molar refractivity (Wildman–Crippen MR) is 96.1 cm³/mol. The van der Waals surface area contributed by atoms with Gasteiger partial charge in [0, 0.05) is 0 Å². The zero-order valence-corrected chi connectivity index (χ0v) is 13.5. The second-order valence-corrected chi connectivity index (χ2v) is 5.74. The second-order valence-electron chi connectivity index (χ2n) is 5.74. The van der Waals surface area contributed by atoms with E-state index in [0.29, 0.717) is 28.2 Å². The van der Waals surface area contributed by atoms with Crippen molar-refractivity contribution in [3.63, 3.8) is 0 Å². The minimum Gasteiger partial charge on any atom is -0.279 e. The van der Waals surface area contributed by atoms with E-state index < -0.39 is 0 Å². The molecule has 5 heteroatoms. The first-order valence-electron chi connectivity index (χ1n) is 7.87. The van der Waals surface area contributed by atoms with Gasteiger partial charge in [-0.3, -0.25) is 9.89 Å². The number of fused-ring (bicyclic) bond motifs is 1. The van der Waals surface area contributed by atoms with Crippen LogP contribution in [-0.2, 0) is 0 Å². The standard InChI is InChI=1S/C20H14N4O/c1-13-17(14-8-4-2-5-9-14)20(25)24-19(22-13)18(16(12-21)23-24)15-10-6-3-7-11-15/h2-11,23H,1H3. The van der Waals surface area contributed by atoms with E-state index in [4.69, 9.17) is 0 Å². The minimum absolute atomic E-state index is 0.215. The number of aryl methyl sites for hydroxylation is 1. The van der Waals surface area contributed by atoms with Crippen LogP contribution in [-0.4, -0.2) is 14.6 Å². The van der Waals surface area contributed by atoms with Crippen molar-refractivity contribution >= 4 is 5.65 Å². The van der Waals surface area contributed by atoms with Gasteiger partial charge in [-0.2, -0.15) is 9.78 Å². The summed E-state index contributed by atoms with van der Waals surface area (Å²) in [6.07, 6.45) is 0. The highest BCUT2D eigenvalue weighted by molar-refractivity contribution is 5.83. The third kappa shape index (κ3) is 2.32. The van der Waals surface area contributed by atoms with Crippen LogP contribution in [0.3, 0.4) is 0 Å². The summed E-state index contributed by atoms with van der Waals surface area (Å²) < 4.78 is 1.36. The number of aromatic nitrogens is 3. The maximum absolute atomic E-state index is 13.0. The molecular weight excluding hydrogens is 312 g/mol. The number of nitrogens with zero attached hydrogens (tertiary/aromatic N) is 3. The molecule has 4 rings (SSSR count). The summed E-state index contributed by atoms with van der Waals surface area (Å²) in [5.74, 6) is 0. The molecule has 0 bridgehead atoms. The van der Waals surface area contributed by atoms with Crippen molar-refractivity contribution in [2.24, 2.45) is 0 Å². The molecule has 120 valence electrons. The largest absolute Gasteiger partial charge is 0.280 e. The van der Waals surface area contributed by atoms with E-state index in [1.54, 1.807) is 0 Å². The minimum atomic E-state index is -0.215. The Bertz CT molecular complexity index is 1170. The SMILES string of the molecule is Cc1nc2c(-c3ccccc3)c(C#N)[nH]n2c(=O)c1-c1ccccc1. The third-order valence-electron chi connectivity index (χ3n) is 4.20. The maximum Gasteiger partial charge on any atom is 0.280 e. The summed E-state index contributed by atoms with van der Waals surface area (Å²) in [6, 6.07) is 21.0. The van der Waals surface area contributed by atoms with Gasteiger partial charge in [0.2, 0.25) is 0 Å². The highest BCUT2D eigenvalue weighted by atomic mass is 16.1. The van der Waals surface area contributed by atoms with Crippen molar-refractivity contribution < 1.29 is 0 Å². The first kappa shape index (κ1) is 14.9. The number of H-pyrrole nitrogens is 1. The number of aromatic amines is 1. The molecule has 0 fully saturated rings. The van der Waals surface area contributed by atoms with E-state index in [1.807, 2.05) is 67.6 Å². The number of hydrogen-bond donors (Lipinski definition) is 1. The lowest BCUT2D eigenvalue weighted by Crippen LogP contribution is -2.19. The third-order valence-corrected chi connectivity index (χ3v) is 4.20. The van der Waals surface area contributed by atoms with E-state index >= 15 is 0 Å². The molecule has 0 unspecified atom stereocenters. The molecule has 0 aliphatic rings. The van der Waals surface area contributed by atoms with Crippen LogP contribution in [0.4, 0.5) is 0 Å². The van der Waals surface area contributed by atoms with E-state index in [0.717, 1.165) is 11.1 Å². The summed E-state index contributed by atoms with van der Waals surface area (Å²) in [5, 5.41) is 12.4. The van der Waals surface area contributed by atoms with Crippen LogP contribution in [0, 0.1) is 18.3 Å². The van der Waals surface area contributed by atoms with Gasteiger partial charge in [-0.15, -0.1) is 0 Å². The Morgan fingerprint density at radius 1 is 0.960 bits per heavy atom. The van der Waals surface area contributed by atoms with Gasteiger partial charge in [0.15, 0.2) is 5.65 Å². The zero-order valence-electron chi connectivity index (χ0n) is 13.5. The van der Waals surface area contributed by atoms with Gasteiger partial charge in [0.05, 0.1) is 16.8 Å². The Labute approximate surface area is 143 Å². The smallest absolute Gasteiger partial charge is 0.279 e. The van der Waals surface area contributed by atoms with Crippen molar-refractivity contribution in [2.45, 2.75) is 6.92 Å². The number of hydrogen-bond acceptors (Lipinski definition) is 3. The quantitative estimate of drug-likeness (QED) is 0.612. The van der Waals surface area contributed by atoms with Gasteiger partial charge in [0.1, 0.15) is 11.8 Å². The Balaban J connectivity index is 2.09. The molecule has 5 nitrogen and oxygen atoms in total. The summed E-state index contributed by atoms with van der Waals surface area (Å²) >= 11 is 0. The van der Waals surface area contributed by atoms with Crippen LogP contribution in [0.2, 0.25) is 0 Å². The molecule has 2 heterocycles. The lowest BCUT2D eigenvalue weighted by Gasteiger charge is -2.06. The van der Waals surface area contributed by atoms with Crippen LogP contribution in [0.1, 0.15) is 11.4 Å². The molecule has 0 saturated heterocycles. The molecule has 1 N–H and O–H groups in total. The topological polar surface area (TPSA) is 73.9 Å². The van der Waals surface area contributed by atoms with E-state index in [1.165, 1.54) is 4.52 Å². The molecule has 2 aromatic carbocycles. The highest BCUT2D eigenvalue weighted by Gasteiger charge is 2.19. The van der Waals surface area contributed by atoms with Crippen molar-refractivity contribution in [1.82, 2.24) is 14.6 Å². The molecule has 4 aromatic rings. The van der Waals surface area contributed by atoms with E-state index in [2.05, 4.69) is 16.2 Å². The molecule has 0 saturated carbocycles. The Hall–Kier alpha value is -3.65. The van der Waals surface area contributed by atoms with E-state index in [9.17, 15) is 10.1 Å². The van der Waals surface area contributed by atoms with Gasteiger partial charge in [0.25, 0.3) is 5.56 Å². The van der Waals surface area contributed by atoms with Crippen molar-refractivity contribution in [1.29, 1.82) is 5.26 Å². The monoisotopic (exact) mass is 326 g/mol. The number of nitrogens with one attached hydrogen (secondary N) is 1. The second kappa shape index (κ2) is 5.77. The summed E-state index contributed by atoms with van der Waals surface area (Å²) in [7, 11) is 0. The van der Waals surface area contributed by atoms with Crippen LogP contribution in [0.5, 0.6) is 0 Å². The van der Waals surface area contributed by atoms with Crippen molar-refractivity contribution in [3.8, 4) is 28.3 Å². The predicted octanol–water partition coefficient (Wildman–Crippen LogP) is 3.54. The van der Waals surface area contributed by atoms with Gasteiger partial charge < -0.3 is 0 Å². The first-order chi connectivity index (χ1) is 12.2. The van der Waals surface area contributed by atoms with Gasteiger partial charge >= 0.3 is 0 Å². The number of rotatable bonds is 2. The van der Waals surface area contributed by atoms with Gasteiger partial charge in [-0.1, -0.05) is 60.7 Å². The van der Waals surface area contributed by atoms with Crippen LogP contribution in [0.25, 0.3) is 27.9 Å². The lowest BCUT2D eigenvalue weighted by molar-refractivity contribution is 0.886. The number of benzene rings is 2. The molecule has 0 amide bonds. The van der Waals surface area contributed by atoms with Crippen LogP contribution < -0.4 is 5.56 Å². The summed E-state index contributed by atoms with van der Waals surface area (Å²) in [5.41, 5.74) is 4.03. The fourth-order valence-electron chi connectivity index (χ4n) is 3.07. The van der Waals surface area contributed by atoms with Crippen molar-refractivity contribution in [3.05, 3.63) is 82.4 Å². The fourth-order valence-corrected chi connectivity index (χ4v) is 3.07. The van der Waals surface area contributed by atoms with E-state index in [-0.39, 0.29) is 5.56 Å². The molecule has 0 atom stereocenters. The molecule has 2 aromatic heterocycles. The first-order valence-corrected chi connectivity index (χ1v) is 7.87. The Morgan fingerprint density at radius 2 is 1.52 bits per heavy atom. The normalized spacial score (nSPS) is 10.7. The van der Waals surface area contributed by atoms with Gasteiger partial charge in [-0.25, -0.2) is 4.98 Å². The molecule has 0 aliphatic heterocycles. The zero-order chi connectivity index (χ0) is 17.4. The highest BCUT2D eigenvalue weighted by Crippen LogP contribution is 2.28. The van der Waals surface area contributed by atoms with Crippen LogP contribution >= 0.6 is 0 Å². The van der Waals surface area contributed by atoms with Gasteiger partial charge in [-0.05, 0) is 18.1 Å². The average Bonchev–Trinajstić information content (AvgIpc) is 3.02. The summed E-state index contributed by atoms with van der Waals surface area (Å²) in [6.45, 7) is 1.82. The van der Waals surface area contributed by atoms with Crippen molar-refractivity contribution in [2.75, 3.05) is 0 Å².